The molecule has 2 rings (SSSR count). The van der Waals surface area contributed by atoms with Crippen molar-refractivity contribution < 1.29 is 19.4 Å². The molecule has 2 N–H and O–H groups in total. The second kappa shape index (κ2) is 8.75. The molecule has 0 aliphatic rings. The van der Waals surface area contributed by atoms with Gasteiger partial charge in [-0.3, -0.25) is 0 Å². The van der Waals surface area contributed by atoms with Gasteiger partial charge in [0.2, 0.25) is 5.88 Å². The zero-order valence-corrected chi connectivity index (χ0v) is 16.6. The van der Waals surface area contributed by atoms with E-state index in [9.17, 15) is 4.79 Å². The fourth-order valence-electron chi connectivity index (χ4n) is 3.23. The number of hydrogen-bond acceptors (Lipinski definition) is 4. The number of nitrogens with one attached hydrogen (secondary N) is 1. The lowest BCUT2D eigenvalue weighted by molar-refractivity contribution is 0.143. The van der Waals surface area contributed by atoms with Gasteiger partial charge in [0.15, 0.2) is 0 Å². The first-order chi connectivity index (χ1) is 12.7. The number of carboxylic acid groups (broad SMARTS) is 1. The molecule has 6 nitrogen and oxygen atoms in total. The van der Waals surface area contributed by atoms with Gasteiger partial charge in [-0.25, -0.2) is 9.78 Å². The van der Waals surface area contributed by atoms with Crippen LogP contribution in [-0.4, -0.2) is 35.4 Å². The number of nitrogens with zero attached hydrogens (tertiary/aromatic N) is 1. The minimum Gasteiger partial charge on any atom is -0.491 e. The molecule has 0 fully saturated rings. The van der Waals surface area contributed by atoms with E-state index in [1.165, 1.54) is 0 Å². The number of aryl methyl sites for hydroxylation is 1. The molecule has 0 bridgehead atoms. The summed E-state index contributed by atoms with van der Waals surface area (Å²) in [5.74, 6) is 1.65. The third-order valence-corrected chi connectivity index (χ3v) is 4.27. The summed E-state index contributed by atoms with van der Waals surface area (Å²) in [6.45, 7) is 8.23. The summed E-state index contributed by atoms with van der Waals surface area (Å²) in [6.07, 6.45) is 1.36. The second-order valence-electron chi connectivity index (χ2n) is 7.44. The van der Waals surface area contributed by atoms with Crippen molar-refractivity contribution in [3.63, 3.8) is 0 Å². The van der Waals surface area contributed by atoms with E-state index in [2.05, 4.69) is 24.1 Å². The lowest BCUT2D eigenvalue weighted by Gasteiger charge is -2.31. The van der Waals surface area contributed by atoms with Crippen LogP contribution in [0.4, 0.5) is 4.79 Å². The molecule has 1 aromatic heterocycles. The van der Waals surface area contributed by atoms with Crippen LogP contribution in [0.3, 0.4) is 0 Å². The summed E-state index contributed by atoms with van der Waals surface area (Å²) in [7, 11) is 1.59. The van der Waals surface area contributed by atoms with E-state index in [4.69, 9.17) is 14.6 Å². The third kappa shape index (κ3) is 5.88. The quantitative estimate of drug-likeness (QED) is 0.712. The van der Waals surface area contributed by atoms with Crippen molar-refractivity contribution >= 4 is 6.09 Å². The Balaban J connectivity index is 2.16. The van der Waals surface area contributed by atoms with E-state index < -0.39 is 11.6 Å². The fourth-order valence-corrected chi connectivity index (χ4v) is 3.23. The first-order valence-electron chi connectivity index (χ1n) is 8.97. The molecule has 0 aliphatic carbocycles. The van der Waals surface area contributed by atoms with Crippen molar-refractivity contribution in [3.05, 3.63) is 42.1 Å². The molecule has 0 aliphatic heterocycles. The molecular weight excluding hydrogens is 344 g/mol. The van der Waals surface area contributed by atoms with Crippen molar-refractivity contribution in [2.24, 2.45) is 5.92 Å². The Morgan fingerprint density at radius 3 is 2.56 bits per heavy atom. The molecule has 1 aromatic carbocycles. The van der Waals surface area contributed by atoms with Gasteiger partial charge < -0.3 is 19.9 Å². The summed E-state index contributed by atoms with van der Waals surface area (Å²) in [5, 5.41) is 11.7. The van der Waals surface area contributed by atoms with Gasteiger partial charge in [-0.15, -0.1) is 0 Å². The molecule has 2 aromatic rings. The van der Waals surface area contributed by atoms with Gasteiger partial charge in [0, 0.05) is 12.3 Å². The molecule has 1 heterocycles. The Morgan fingerprint density at radius 2 is 1.96 bits per heavy atom. The number of ether oxygens (including phenoxy) is 2. The predicted octanol–water partition coefficient (Wildman–Crippen LogP) is 4.52. The summed E-state index contributed by atoms with van der Waals surface area (Å²) < 4.78 is 11.2. The van der Waals surface area contributed by atoms with Gasteiger partial charge in [0.1, 0.15) is 12.4 Å². The van der Waals surface area contributed by atoms with Crippen LogP contribution in [0.15, 0.2) is 36.5 Å². The second-order valence-corrected chi connectivity index (χ2v) is 7.44. The van der Waals surface area contributed by atoms with Crippen LogP contribution in [-0.2, 0) is 0 Å². The van der Waals surface area contributed by atoms with E-state index in [0.717, 1.165) is 22.4 Å². The Labute approximate surface area is 160 Å². The number of methoxy groups -OCH3 is 1. The maximum atomic E-state index is 11.1. The Kier molecular flexibility index (Phi) is 6.66. The zero-order valence-electron chi connectivity index (χ0n) is 16.6. The molecule has 0 radical (unpaired) electrons. The van der Waals surface area contributed by atoms with Gasteiger partial charge >= 0.3 is 6.09 Å². The van der Waals surface area contributed by atoms with Crippen LogP contribution in [0.2, 0.25) is 0 Å². The molecule has 0 saturated carbocycles. The summed E-state index contributed by atoms with van der Waals surface area (Å²) in [5.41, 5.74) is 2.37. The summed E-state index contributed by atoms with van der Waals surface area (Å²) in [6, 6.07) is 9.73. The van der Waals surface area contributed by atoms with E-state index in [1.807, 2.05) is 44.2 Å². The van der Waals surface area contributed by atoms with Crippen LogP contribution in [0.5, 0.6) is 11.6 Å². The van der Waals surface area contributed by atoms with Gasteiger partial charge in [-0.05, 0) is 61.1 Å². The number of rotatable bonds is 8. The number of aromatic nitrogens is 1. The number of amides is 1. The van der Waals surface area contributed by atoms with Crippen molar-refractivity contribution in [3.8, 4) is 22.8 Å². The lowest BCUT2D eigenvalue weighted by atomic mass is 9.91. The Bertz CT molecular complexity index is 792. The van der Waals surface area contributed by atoms with Crippen LogP contribution < -0.4 is 14.8 Å². The minimum absolute atomic E-state index is 0.265. The summed E-state index contributed by atoms with van der Waals surface area (Å²) >= 11 is 0. The van der Waals surface area contributed by atoms with Crippen molar-refractivity contribution in [2.75, 3.05) is 13.7 Å². The standard InChI is InChI=1S/C21H28N2O4/c1-14(2)12-21(4,23-20(24)25)13-27-18-7-6-16(10-15(18)3)17-8-9-22-19(11-17)26-5/h6-11,14,23H,12-13H2,1-5H3,(H,24,25). The maximum absolute atomic E-state index is 11.1. The lowest BCUT2D eigenvalue weighted by Crippen LogP contribution is -2.50. The topological polar surface area (TPSA) is 80.7 Å². The normalized spacial score (nSPS) is 13.1. The number of carbonyl (C=O) groups is 1. The SMILES string of the molecule is COc1cc(-c2ccc(OCC(C)(CC(C)C)NC(=O)O)c(C)c2)ccn1. The molecule has 146 valence electrons. The smallest absolute Gasteiger partial charge is 0.405 e. The van der Waals surface area contributed by atoms with Crippen LogP contribution in [0.25, 0.3) is 11.1 Å². The molecule has 0 saturated heterocycles. The van der Waals surface area contributed by atoms with Crippen LogP contribution in [0.1, 0.15) is 32.8 Å². The molecule has 27 heavy (non-hydrogen) atoms. The summed E-state index contributed by atoms with van der Waals surface area (Å²) in [4.78, 5) is 15.3. The minimum atomic E-state index is -1.04. The maximum Gasteiger partial charge on any atom is 0.405 e. The highest BCUT2D eigenvalue weighted by Gasteiger charge is 2.28. The van der Waals surface area contributed by atoms with Crippen molar-refractivity contribution in [1.29, 1.82) is 0 Å². The molecule has 1 atom stereocenters. The third-order valence-electron chi connectivity index (χ3n) is 4.27. The predicted molar refractivity (Wildman–Crippen MR) is 105 cm³/mol. The van der Waals surface area contributed by atoms with E-state index >= 15 is 0 Å². The van der Waals surface area contributed by atoms with Crippen molar-refractivity contribution in [1.82, 2.24) is 10.3 Å². The van der Waals surface area contributed by atoms with E-state index in [0.29, 0.717) is 18.2 Å². The Morgan fingerprint density at radius 1 is 1.26 bits per heavy atom. The van der Waals surface area contributed by atoms with Gasteiger partial charge in [0.05, 0.1) is 12.6 Å². The highest BCUT2D eigenvalue weighted by Crippen LogP contribution is 2.28. The molecular formula is C21H28N2O4. The first-order valence-corrected chi connectivity index (χ1v) is 8.97. The monoisotopic (exact) mass is 372 g/mol. The first kappa shape index (κ1) is 20.6. The average Bonchev–Trinajstić information content (AvgIpc) is 2.59. The largest absolute Gasteiger partial charge is 0.491 e. The molecule has 6 heteroatoms. The van der Waals surface area contributed by atoms with E-state index in [1.54, 1.807) is 13.3 Å². The number of hydrogen-bond donors (Lipinski definition) is 2. The molecule has 1 unspecified atom stereocenters. The average molecular weight is 372 g/mol. The van der Waals surface area contributed by atoms with Crippen LogP contribution >= 0.6 is 0 Å². The number of pyridine rings is 1. The molecule has 1 amide bonds. The van der Waals surface area contributed by atoms with E-state index in [-0.39, 0.29) is 6.61 Å². The van der Waals surface area contributed by atoms with Crippen LogP contribution in [0, 0.1) is 12.8 Å². The van der Waals surface area contributed by atoms with Gasteiger partial charge in [-0.1, -0.05) is 19.9 Å². The highest BCUT2D eigenvalue weighted by molar-refractivity contribution is 5.66. The van der Waals surface area contributed by atoms with Gasteiger partial charge in [0.25, 0.3) is 0 Å². The van der Waals surface area contributed by atoms with Crippen molar-refractivity contribution in [2.45, 2.75) is 39.7 Å². The number of benzene rings is 1. The highest BCUT2D eigenvalue weighted by atomic mass is 16.5. The van der Waals surface area contributed by atoms with Gasteiger partial charge in [-0.2, -0.15) is 0 Å². The Hall–Kier alpha value is -2.76. The fraction of sp³-hybridized carbons (Fsp3) is 0.429. The molecule has 0 spiro atoms. The zero-order chi connectivity index (χ0) is 20.0.